The molecule has 0 saturated carbocycles. The second kappa shape index (κ2) is 19.1. The van der Waals surface area contributed by atoms with Gasteiger partial charge < -0.3 is 15.7 Å². The highest BCUT2D eigenvalue weighted by atomic mass is 79.9. The van der Waals surface area contributed by atoms with Gasteiger partial charge in [0.25, 0.3) is 5.91 Å². The number of amides is 1. The number of nitrogens with one attached hydrogen (secondary N) is 2. The molecule has 0 fully saturated rings. The molecule has 5 nitrogen and oxygen atoms in total. The van der Waals surface area contributed by atoms with Crippen LogP contribution < -0.4 is 10.6 Å². The Morgan fingerprint density at radius 2 is 1.16 bits per heavy atom. The highest BCUT2D eigenvalue weighted by Gasteiger charge is 2.06. The van der Waals surface area contributed by atoms with Crippen LogP contribution >= 0.6 is 15.9 Å². The van der Waals surface area contributed by atoms with E-state index in [2.05, 4.69) is 26.6 Å². The molecular weight excluding hydrogens is 456 g/mol. The summed E-state index contributed by atoms with van der Waals surface area (Å²) >= 11 is 3.49. The monoisotopic (exact) mass is 496 g/mol. The third-order valence-electron chi connectivity index (χ3n) is 5.44. The van der Waals surface area contributed by atoms with Crippen molar-refractivity contribution in [1.29, 1.82) is 0 Å². The summed E-state index contributed by atoms with van der Waals surface area (Å²) in [7, 11) is 0. The van der Waals surface area contributed by atoms with Gasteiger partial charge in [0.1, 0.15) is 6.54 Å². The number of rotatable bonds is 20. The number of alkyl halides is 1. The Balaban J connectivity index is 1.91. The Morgan fingerprint density at radius 3 is 1.61 bits per heavy atom. The van der Waals surface area contributed by atoms with E-state index in [4.69, 9.17) is 5.11 Å². The van der Waals surface area contributed by atoms with E-state index in [0.29, 0.717) is 5.56 Å². The summed E-state index contributed by atoms with van der Waals surface area (Å²) in [5.74, 6) is -1.41. The smallest absolute Gasteiger partial charge is 0.322 e. The molecule has 0 radical (unpaired) electrons. The summed E-state index contributed by atoms with van der Waals surface area (Å²) < 4.78 is 0. The first-order chi connectivity index (χ1) is 15.1. The van der Waals surface area contributed by atoms with Crippen molar-refractivity contribution in [2.75, 3.05) is 23.7 Å². The predicted molar refractivity (Wildman–Crippen MR) is 133 cm³/mol. The van der Waals surface area contributed by atoms with E-state index in [1.165, 1.54) is 83.5 Å². The number of benzene rings is 1. The van der Waals surface area contributed by atoms with Gasteiger partial charge in [-0.3, -0.25) is 9.59 Å². The molecule has 0 bridgehead atoms. The maximum atomic E-state index is 11.8. The van der Waals surface area contributed by atoms with Gasteiger partial charge in [0.15, 0.2) is 0 Å². The number of carbonyl (C=O) groups is 2. The molecule has 0 aliphatic heterocycles. The minimum absolute atomic E-state index is 0.364. The molecule has 0 aliphatic carbocycles. The average molecular weight is 498 g/mol. The first-order valence-corrected chi connectivity index (χ1v) is 13.2. The van der Waals surface area contributed by atoms with Gasteiger partial charge >= 0.3 is 5.97 Å². The Bertz CT molecular complexity index is 593. The number of anilines is 1. The summed E-state index contributed by atoms with van der Waals surface area (Å²) in [6, 6.07) is 7.15. The lowest BCUT2D eigenvalue weighted by atomic mass is 10.0. The zero-order chi connectivity index (χ0) is 22.6. The van der Waals surface area contributed by atoms with Crippen molar-refractivity contribution >= 4 is 33.5 Å². The van der Waals surface area contributed by atoms with E-state index < -0.39 is 5.97 Å². The Morgan fingerprint density at radius 1 is 0.710 bits per heavy atom. The van der Waals surface area contributed by atoms with Crippen LogP contribution in [-0.2, 0) is 4.79 Å². The van der Waals surface area contributed by atoms with Gasteiger partial charge in [-0.15, -0.1) is 0 Å². The molecule has 3 N–H and O–H groups in total. The Hall–Kier alpha value is -1.56. The third kappa shape index (κ3) is 15.8. The first-order valence-electron chi connectivity index (χ1n) is 12.0. The molecule has 0 atom stereocenters. The van der Waals surface area contributed by atoms with E-state index in [-0.39, 0.29) is 12.5 Å². The number of hydrogen-bond donors (Lipinski definition) is 3. The Labute approximate surface area is 196 Å². The van der Waals surface area contributed by atoms with Crippen molar-refractivity contribution in [3.63, 3.8) is 0 Å². The highest BCUT2D eigenvalue weighted by Crippen LogP contribution is 2.14. The van der Waals surface area contributed by atoms with Crippen LogP contribution in [0.1, 0.15) is 100 Å². The van der Waals surface area contributed by atoms with E-state index in [0.717, 1.165) is 24.0 Å². The van der Waals surface area contributed by atoms with Gasteiger partial charge in [0, 0.05) is 23.1 Å². The van der Waals surface area contributed by atoms with Crippen molar-refractivity contribution in [2.45, 2.75) is 89.9 Å². The maximum Gasteiger partial charge on any atom is 0.322 e. The Kier molecular flexibility index (Phi) is 17.0. The lowest BCUT2D eigenvalue weighted by Crippen LogP contribution is -2.29. The van der Waals surface area contributed by atoms with Gasteiger partial charge in [-0.2, -0.15) is 0 Å². The van der Waals surface area contributed by atoms with Crippen molar-refractivity contribution in [3.05, 3.63) is 29.8 Å². The molecule has 1 aromatic rings. The summed E-state index contributed by atoms with van der Waals surface area (Å²) in [5.41, 5.74) is 1.45. The van der Waals surface area contributed by atoms with Crippen LogP contribution in [0.4, 0.5) is 5.69 Å². The van der Waals surface area contributed by atoms with Crippen molar-refractivity contribution in [3.8, 4) is 0 Å². The number of halogens is 1. The molecule has 0 aromatic heterocycles. The number of unbranched alkanes of at least 4 members (excludes halogenated alkanes) is 13. The molecule has 0 aliphatic rings. The first kappa shape index (κ1) is 27.5. The topological polar surface area (TPSA) is 78.4 Å². The van der Waals surface area contributed by atoms with Crippen LogP contribution in [0.25, 0.3) is 0 Å². The van der Waals surface area contributed by atoms with Gasteiger partial charge in [-0.1, -0.05) is 93.0 Å². The molecule has 0 unspecified atom stereocenters. The van der Waals surface area contributed by atoms with E-state index in [1.54, 1.807) is 12.1 Å². The van der Waals surface area contributed by atoms with Crippen molar-refractivity contribution in [1.82, 2.24) is 5.32 Å². The molecule has 1 aromatic carbocycles. The molecule has 176 valence electrons. The molecule has 0 saturated heterocycles. The van der Waals surface area contributed by atoms with Crippen LogP contribution in [0.5, 0.6) is 0 Å². The predicted octanol–water partition coefficient (Wildman–Crippen LogP) is 6.77. The molecule has 0 spiro atoms. The normalized spacial score (nSPS) is 10.7. The summed E-state index contributed by atoms with van der Waals surface area (Å²) in [6.45, 7) is 0.566. The number of carboxylic acid groups (broad SMARTS) is 1. The largest absolute Gasteiger partial charge is 0.480 e. The lowest BCUT2D eigenvalue weighted by Gasteiger charge is -2.08. The van der Waals surface area contributed by atoms with Crippen molar-refractivity contribution in [2.24, 2.45) is 0 Å². The minimum Gasteiger partial charge on any atom is -0.480 e. The van der Waals surface area contributed by atoms with Gasteiger partial charge in [-0.25, -0.2) is 0 Å². The lowest BCUT2D eigenvalue weighted by molar-refractivity contribution is -0.135. The fraction of sp³-hybridized carbons (Fsp3) is 0.680. The molecule has 31 heavy (non-hydrogen) atoms. The molecule has 6 heteroatoms. The van der Waals surface area contributed by atoms with E-state index in [1.807, 2.05) is 12.1 Å². The number of carbonyl (C=O) groups excluding carboxylic acids is 1. The molecule has 0 heterocycles. The minimum atomic E-state index is -1.05. The quantitative estimate of drug-likeness (QED) is 0.137. The van der Waals surface area contributed by atoms with Crippen LogP contribution in [0, 0.1) is 0 Å². The molecule has 1 rings (SSSR count). The summed E-state index contributed by atoms with van der Waals surface area (Å²) in [6.07, 6.45) is 18.9. The molecule has 1 amide bonds. The average Bonchev–Trinajstić information content (AvgIpc) is 2.77. The highest BCUT2D eigenvalue weighted by molar-refractivity contribution is 9.09. The summed E-state index contributed by atoms with van der Waals surface area (Å²) in [5, 5.41) is 15.5. The second-order valence-electron chi connectivity index (χ2n) is 8.22. The fourth-order valence-electron chi connectivity index (χ4n) is 3.57. The SMILES string of the molecule is O=C(O)CNC(=O)c1ccc(NCCCCCCCCCCCCCCCCBr)cc1. The second-order valence-corrected chi connectivity index (χ2v) is 9.01. The number of hydrogen-bond acceptors (Lipinski definition) is 3. The number of carboxylic acids is 1. The standard InChI is InChI=1S/C25H41BrN2O3/c26-19-13-11-9-7-5-3-1-2-4-6-8-10-12-14-20-27-23-17-15-22(16-18-23)25(31)28-21-24(29)30/h15-18,27H,1-14,19-21H2,(H,28,31)(H,29,30). The number of aliphatic carboxylic acids is 1. The molecular formula is C25H41BrN2O3. The van der Waals surface area contributed by atoms with Gasteiger partial charge in [-0.05, 0) is 37.1 Å². The van der Waals surface area contributed by atoms with E-state index >= 15 is 0 Å². The van der Waals surface area contributed by atoms with Crippen LogP contribution in [0.3, 0.4) is 0 Å². The van der Waals surface area contributed by atoms with Gasteiger partial charge in [0.05, 0.1) is 0 Å². The summed E-state index contributed by atoms with van der Waals surface area (Å²) in [4.78, 5) is 22.3. The maximum absolute atomic E-state index is 11.8. The zero-order valence-corrected chi connectivity index (χ0v) is 20.6. The van der Waals surface area contributed by atoms with E-state index in [9.17, 15) is 9.59 Å². The third-order valence-corrected chi connectivity index (χ3v) is 6.00. The van der Waals surface area contributed by atoms with Crippen LogP contribution in [0.15, 0.2) is 24.3 Å². The fourth-order valence-corrected chi connectivity index (χ4v) is 3.97. The van der Waals surface area contributed by atoms with Crippen molar-refractivity contribution < 1.29 is 14.7 Å². The van der Waals surface area contributed by atoms with Gasteiger partial charge in [0.2, 0.25) is 0 Å². The zero-order valence-electron chi connectivity index (χ0n) is 19.0. The van der Waals surface area contributed by atoms with Crippen LogP contribution in [-0.4, -0.2) is 35.4 Å². The van der Waals surface area contributed by atoms with Crippen LogP contribution in [0.2, 0.25) is 0 Å².